The van der Waals surface area contributed by atoms with Crippen LogP contribution in [-0.4, -0.2) is 25.2 Å². The minimum Gasteiger partial charge on any atom is -0.295 e. The van der Waals surface area contributed by atoms with Crippen molar-refractivity contribution in [1.29, 1.82) is 0 Å². The number of benzene rings is 2. The molecule has 6 nitrogen and oxygen atoms in total. The highest BCUT2D eigenvalue weighted by Crippen LogP contribution is 2.33. The Morgan fingerprint density at radius 2 is 1.63 bits per heavy atom. The van der Waals surface area contributed by atoms with Gasteiger partial charge in [-0.05, 0) is 41.1 Å². The van der Waals surface area contributed by atoms with E-state index in [4.69, 9.17) is 0 Å². The van der Waals surface area contributed by atoms with Crippen LogP contribution in [0.25, 0.3) is 17.1 Å². The highest BCUT2D eigenvalue weighted by Gasteiger charge is 2.34. The molecule has 0 N–H and O–H groups in total. The quantitative estimate of drug-likeness (QED) is 0.656. The lowest BCUT2D eigenvalue weighted by Crippen LogP contribution is -2.27. The molecule has 7 heteroatoms. The van der Waals surface area contributed by atoms with Gasteiger partial charge in [-0.2, -0.15) is 0 Å². The van der Waals surface area contributed by atoms with Gasteiger partial charge in [0, 0.05) is 14.1 Å². The highest BCUT2D eigenvalue weighted by molar-refractivity contribution is 8.18. The van der Waals surface area contributed by atoms with Gasteiger partial charge in [-0.25, -0.2) is 4.79 Å². The Balaban J connectivity index is 1.65. The summed E-state index contributed by atoms with van der Waals surface area (Å²) in [4.78, 5) is 38.6. The smallest absolute Gasteiger partial charge is 0.295 e. The molecule has 3 aromatic rings. The number of amides is 2. The average molecular weight is 379 g/mol. The molecule has 4 rings (SSSR count). The van der Waals surface area contributed by atoms with Crippen LogP contribution in [0.1, 0.15) is 11.1 Å². The summed E-state index contributed by atoms with van der Waals surface area (Å²) in [6.45, 7) is 0.259. The number of carbonyl (C=O) groups excluding carboxylic acids is 2. The van der Waals surface area contributed by atoms with E-state index in [0.29, 0.717) is 4.91 Å². The Morgan fingerprint density at radius 3 is 2.37 bits per heavy atom. The predicted octanol–water partition coefficient (Wildman–Crippen LogP) is 3.11. The lowest BCUT2D eigenvalue weighted by molar-refractivity contribution is -0.123. The second-order valence-corrected chi connectivity index (χ2v) is 7.40. The van der Waals surface area contributed by atoms with E-state index >= 15 is 0 Å². The lowest BCUT2D eigenvalue weighted by atomic mass is 10.1. The van der Waals surface area contributed by atoms with Crippen molar-refractivity contribution in [3.63, 3.8) is 0 Å². The third-order valence-electron chi connectivity index (χ3n) is 4.65. The first kappa shape index (κ1) is 17.4. The monoisotopic (exact) mass is 379 g/mol. The van der Waals surface area contributed by atoms with Crippen LogP contribution in [0, 0.1) is 0 Å². The third-order valence-corrected chi connectivity index (χ3v) is 5.56. The van der Waals surface area contributed by atoms with E-state index in [-0.39, 0.29) is 23.4 Å². The molecule has 2 aromatic carbocycles. The van der Waals surface area contributed by atoms with Gasteiger partial charge >= 0.3 is 5.69 Å². The first-order valence-electron chi connectivity index (χ1n) is 8.40. The molecular formula is C20H17N3O3S. The van der Waals surface area contributed by atoms with Crippen molar-refractivity contribution < 1.29 is 9.59 Å². The lowest BCUT2D eigenvalue weighted by Gasteiger charge is -2.12. The predicted molar refractivity (Wildman–Crippen MR) is 106 cm³/mol. The van der Waals surface area contributed by atoms with Crippen molar-refractivity contribution in [3.8, 4) is 0 Å². The van der Waals surface area contributed by atoms with Crippen molar-refractivity contribution in [3.05, 3.63) is 75.0 Å². The molecule has 136 valence electrons. The number of imidazole rings is 1. The number of fused-ring (bicyclic) bond motifs is 1. The number of rotatable bonds is 3. The van der Waals surface area contributed by atoms with Gasteiger partial charge in [0.2, 0.25) is 0 Å². The number of nitrogens with zero attached hydrogens (tertiary/aromatic N) is 3. The minimum absolute atomic E-state index is 0.106. The summed E-state index contributed by atoms with van der Waals surface area (Å²) in [5, 5.41) is -0.275. The van der Waals surface area contributed by atoms with Crippen molar-refractivity contribution in [2.45, 2.75) is 6.54 Å². The Bertz CT molecular complexity index is 1160. The number of hydrogen-bond acceptors (Lipinski definition) is 4. The Kier molecular flexibility index (Phi) is 4.24. The van der Waals surface area contributed by atoms with E-state index < -0.39 is 0 Å². The van der Waals surface area contributed by atoms with Crippen LogP contribution in [0.4, 0.5) is 4.79 Å². The van der Waals surface area contributed by atoms with Crippen LogP contribution in [0.15, 0.2) is 58.2 Å². The zero-order valence-corrected chi connectivity index (χ0v) is 15.7. The summed E-state index contributed by atoms with van der Waals surface area (Å²) in [6.07, 6.45) is 1.70. The molecule has 0 bridgehead atoms. The van der Waals surface area contributed by atoms with E-state index in [1.165, 1.54) is 4.90 Å². The van der Waals surface area contributed by atoms with Crippen molar-refractivity contribution in [2.24, 2.45) is 14.1 Å². The minimum atomic E-state index is -0.295. The van der Waals surface area contributed by atoms with Gasteiger partial charge < -0.3 is 0 Å². The number of aromatic nitrogens is 2. The fourth-order valence-corrected chi connectivity index (χ4v) is 4.01. The Morgan fingerprint density at radius 1 is 0.926 bits per heavy atom. The Labute approximate surface area is 159 Å². The van der Waals surface area contributed by atoms with Crippen LogP contribution in [0.3, 0.4) is 0 Å². The van der Waals surface area contributed by atoms with E-state index in [2.05, 4.69) is 0 Å². The van der Waals surface area contributed by atoms with Crippen molar-refractivity contribution in [1.82, 2.24) is 14.0 Å². The van der Waals surface area contributed by atoms with Crippen LogP contribution >= 0.6 is 11.8 Å². The fourth-order valence-electron chi connectivity index (χ4n) is 3.17. The van der Waals surface area contributed by atoms with Gasteiger partial charge in [-0.3, -0.25) is 23.6 Å². The van der Waals surface area contributed by atoms with Crippen molar-refractivity contribution >= 4 is 40.0 Å². The number of imide groups is 1. The molecule has 1 fully saturated rings. The molecule has 27 heavy (non-hydrogen) atoms. The number of aryl methyl sites for hydroxylation is 2. The zero-order chi connectivity index (χ0) is 19.1. The summed E-state index contributed by atoms with van der Waals surface area (Å²) >= 11 is 0.939. The van der Waals surface area contributed by atoms with E-state index in [1.54, 1.807) is 29.3 Å². The molecule has 2 heterocycles. The molecule has 0 unspecified atom stereocenters. The number of thioether (sulfide) groups is 1. The molecule has 0 radical (unpaired) electrons. The van der Waals surface area contributed by atoms with Crippen molar-refractivity contribution in [2.75, 3.05) is 0 Å². The summed E-state index contributed by atoms with van der Waals surface area (Å²) in [5.74, 6) is -0.295. The second kappa shape index (κ2) is 6.59. The van der Waals surface area contributed by atoms with E-state index in [0.717, 1.165) is 33.9 Å². The van der Waals surface area contributed by atoms with Gasteiger partial charge in [0.15, 0.2) is 0 Å². The van der Waals surface area contributed by atoms with E-state index in [9.17, 15) is 14.4 Å². The van der Waals surface area contributed by atoms with E-state index in [1.807, 2.05) is 48.5 Å². The molecule has 1 aliphatic rings. The largest absolute Gasteiger partial charge is 0.328 e. The molecule has 0 atom stereocenters. The zero-order valence-electron chi connectivity index (χ0n) is 14.9. The summed E-state index contributed by atoms with van der Waals surface area (Å²) < 4.78 is 3.14. The first-order chi connectivity index (χ1) is 13.0. The van der Waals surface area contributed by atoms with Crippen LogP contribution in [-0.2, 0) is 25.4 Å². The maximum Gasteiger partial charge on any atom is 0.328 e. The molecular weight excluding hydrogens is 362 g/mol. The van der Waals surface area contributed by atoms with Crippen LogP contribution in [0.5, 0.6) is 0 Å². The van der Waals surface area contributed by atoms with Gasteiger partial charge in [0.1, 0.15) is 0 Å². The molecule has 0 aliphatic carbocycles. The molecule has 2 amide bonds. The maximum absolute atomic E-state index is 12.7. The SMILES string of the molecule is Cn1c(=O)n(C)c2cc(/C=C3\SC(=O)N(Cc4ccccc4)C3=O)ccc21. The molecule has 1 saturated heterocycles. The topological polar surface area (TPSA) is 64.3 Å². The van der Waals surface area contributed by atoms with Crippen LogP contribution in [0.2, 0.25) is 0 Å². The second-order valence-electron chi connectivity index (χ2n) is 6.40. The Hall–Kier alpha value is -3.06. The molecule has 0 spiro atoms. The average Bonchev–Trinajstić information content (AvgIpc) is 3.05. The standard InChI is InChI=1S/C20H17N3O3S/c1-21-15-9-8-14(10-16(15)22(2)19(21)25)11-17-18(24)23(20(26)27-17)12-13-6-4-3-5-7-13/h3-11H,12H2,1-2H3/b17-11-. The normalized spacial score (nSPS) is 16.1. The van der Waals surface area contributed by atoms with Gasteiger partial charge in [-0.1, -0.05) is 36.4 Å². The third kappa shape index (κ3) is 3.00. The molecule has 1 aromatic heterocycles. The summed E-state index contributed by atoms with van der Waals surface area (Å²) in [6, 6.07) is 15.0. The summed E-state index contributed by atoms with van der Waals surface area (Å²) in [5.41, 5.74) is 3.16. The van der Waals surface area contributed by atoms with Gasteiger partial charge in [-0.15, -0.1) is 0 Å². The fraction of sp³-hybridized carbons (Fsp3) is 0.150. The maximum atomic E-state index is 12.7. The number of hydrogen-bond donors (Lipinski definition) is 0. The highest BCUT2D eigenvalue weighted by atomic mass is 32.2. The number of carbonyl (C=O) groups is 2. The van der Waals surface area contributed by atoms with Crippen LogP contribution < -0.4 is 5.69 Å². The summed E-state index contributed by atoms with van der Waals surface area (Å²) in [7, 11) is 3.43. The van der Waals surface area contributed by atoms with Gasteiger partial charge in [0.05, 0.1) is 22.5 Å². The molecule has 1 aliphatic heterocycles. The molecule has 0 saturated carbocycles. The first-order valence-corrected chi connectivity index (χ1v) is 9.22. The van der Waals surface area contributed by atoms with Gasteiger partial charge in [0.25, 0.3) is 11.1 Å².